The van der Waals surface area contributed by atoms with E-state index in [9.17, 15) is 9.59 Å². The van der Waals surface area contributed by atoms with Crippen LogP contribution in [-0.2, 0) is 0 Å². The molecule has 0 unspecified atom stereocenters. The zero-order chi connectivity index (χ0) is 18.0. The summed E-state index contributed by atoms with van der Waals surface area (Å²) in [6.45, 7) is 5.12. The molecule has 0 saturated carbocycles. The number of amides is 1. The molecule has 0 bridgehead atoms. The second kappa shape index (κ2) is 7.11. The van der Waals surface area contributed by atoms with E-state index in [0.29, 0.717) is 40.1 Å². The van der Waals surface area contributed by atoms with Gasteiger partial charge in [0.25, 0.3) is 11.5 Å². The molecule has 2 aromatic carbocycles. The first kappa shape index (κ1) is 17.2. The molecule has 5 heteroatoms. The summed E-state index contributed by atoms with van der Waals surface area (Å²) in [4.78, 5) is 27.6. The molecule has 0 atom stereocenters. The minimum absolute atomic E-state index is 0.0797. The van der Waals surface area contributed by atoms with Crippen molar-refractivity contribution >= 4 is 28.3 Å². The van der Waals surface area contributed by atoms with Crippen molar-refractivity contribution in [2.24, 2.45) is 0 Å². The fourth-order valence-electron chi connectivity index (χ4n) is 2.94. The molecule has 0 fully saturated rings. The van der Waals surface area contributed by atoms with Crippen LogP contribution in [0.25, 0.3) is 16.5 Å². The van der Waals surface area contributed by atoms with Gasteiger partial charge in [-0.05, 0) is 44.2 Å². The first-order valence-electron chi connectivity index (χ1n) is 8.26. The number of carbonyl (C=O) groups excluding carboxylic acids is 1. The maximum Gasteiger partial charge on any atom is 0.262 e. The maximum atomic E-state index is 13.0. The van der Waals surface area contributed by atoms with Gasteiger partial charge in [0, 0.05) is 40.8 Å². The van der Waals surface area contributed by atoms with Crippen molar-refractivity contribution in [3.8, 4) is 5.69 Å². The van der Waals surface area contributed by atoms with E-state index < -0.39 is 0 Å². The van der Waals surface area contributed by atoms with Crippen LogP contribution in [0.1, 0.15) is 24.2 Å². The van der Waals surface area contributed by atoms with E-state index >= 15 is 0 Å². The molecule has 3 aromatic rings. The van der Waals surface area contributed by atoms with Crippen LogP contribution < -0.4 is 5.56 Å². The molecule has 0 N–H and O–H groups in total. The van der Waals surface area contributed by atoms with E-state index in [-0.39, 0.29) is 11.5 Å². The highest BCUT2D eigenvalue weighted by Crippen LogP contribution is 2.20. The molecule has 0 spiro atoms. The van der Waals surface area contributed by atoms with Crippen molar-refractivity contribution in [3.63, 3.8) is 0 Å². The lowest BCUT2D eigenvalue weighted by molar-refractivity contribution is 0.0774. The van der Waals surface area contributed by atoms with E-state index in [1.54, 1.807) is 41.4 Å². The second-order valence-corrected chi connectivity index (χ2v) is 6.15. The lowest BCUT2D eigenvalue weighted by atomic mass is 10.1. The first-order valence-corrected chi connectivity index (χ1v) is 8.64. The Balaban J connectivity index is 2.29. The fraction of sp³-hybridized carbons (Fsp3) is 0.200. The Labute approximate surface area is 151 Å². The quantitative estimate of drug-likeness (QED) is 0.707. The summed E-state index contributed by atoms with van der Waals surface area (Å²) in [6.07, 6.45) is 1.63. The van der Waals surface area contributed by atoms with Gasteiger partial charge in [-0.1, -0.05) is 29.8 Å². The van der Waals surface area contributed by atoms with Gasteiger partial charge in [0.15, 0.2) is 0 Å². The normalized spacial score (nSPS) is 10.8. The van der Waals surface area contributed by atoms with Crippen LogP contribution in [0.5, 0.6) is 0 Å². The van der Waals surface area contributed by atoms with Gasteiger partial charge in [0.05, 0.1) is 5.56 Å². The number of halogens is 1. The topological polar surface area (TPSA) is 42.3 Å². The summed E-state index contributed by atoms with van der Waals surface area (Å²) in [7, 11) is 0. The molecule has 25 heavy (non-hydrogen) atoms. The van der Waals surface area contributed by atoms with Crippen molar-refractivity contribution in [1.82, 2.24) is 9.47 Å². The Kier molecular flexibility index (Phi) is 4.91. The van der Waals surface area contributed by atoms with Gasteiger partial charge in [-0.15, -0.1) is 0 Å². The van der Waals surface area contributed by atoms with E-state index in [4.69, 9.17) is 11.6 Å². The van der Waals surface area contributed by atoms with Gasteiger partial charge >= 0.3 is 0 Å². The van der Waals surface area contributed by atoms with Gasteiger partial charge < -0.3 is 4.90 Å². The van der Waals surface area contributed by atoms with E-state index in [1.165, 1.54) is 4.57 Å². The average Bonchev–Trinajstić information content (AvgIpc) is 2.64. The number of hydrogen-bond acceptors (Lipinski definition) is 2. The largest absolute Gasteiger partial charge is 0.339 e. The first-order chi connectivity index (χ1) is 12.1. The van der Waals surface area contributed by atoms with Gasteiger partial charge in [-0.3, -0.25) is 14.2 Å². The van der Waals surface area contributed by atoms with Gasteiger partial charge in [-0.2, -0.15) is 0 Å². The highest BCUT2D eigenvalue weighted by Gasteiger charge is 2.19. The summed E-state index contributed by atoms with van der Waals surface area (Å²) in [5.74, 6) is -0.0797. The Bertz CT molecular complexity index is 973. The molecule has 0 aliphatic rings. The monoisotopic (exact) mass is 354 g/mol. The summed E-state index contributed by atoms with van der Waals surface area (Å²) in [5.41, 5.74) is 1.04. The number of nitrogens with zero attached hydrogens (tertiary/aromatic N) is 2. The number of aromatic nitrogens is 1. The van der Waals surface area contributed by atoms with E-state index in [2.05, 4.69) is 0 Å². The molecule has 1 aromatic heterocycles. The predicted molar refractivity (Wildman–Crippen MR) is 102 cm³/mol. The smallest absolute Gasteiger partial charge is 0.262 e. The van der Waals surface area contributed by atoms with Crippen LogP contribution in [-0.4, -0.2) is 28.5 Å². The second-order valence-electron chi connectivity index (χ2n) is 5.72. The summed E-state index contributed by atoms with van der Waals surface area (Å²) in [6, 6.07) is 14.2. The molecule has 0 aliphatic carbocycles. The third kappa shape index (κ3) is 3.17. The van der Waals surface area contributed by atoms with Crippen LogP contribution in [0.3, 0.4) is 0 Å². The summed E-state index contributed by atoms with van der Waals surface area (Å²) in [5, 5.41) is 1.79. The van der Waals surface area contributed by atoms with Crippen LogP contribution in [0, 0.1) is 0 Å². The average molecular weight is 355 g/mol. The number of fused-ring (bicyclic) bond motifs is 1. The van der Waals surface area contributed by atoms with Crippen LogP contribution >= 0.6 is 11.6 Å². The van der Waals surface area contributed by atoms with E-state index in [0.717, 1.165) is 0 Å². The Hall–Kier alpha value is -2.59. The molecule has 0 saturated heterocycles. The molecule has 128 valence electrons. The zero-order valence-corrected chi connectivity index (χ0v) is 15.0. The number of benzene rings is 2. The number of hydrogen-bond donors (Lipinski definition) is 0. The third-order valence-corrected chi connectivity index (χ3v) is 4.56. The third-order valence-electron chi connectivity index (χ3n) is 4.31. The highest BCUT2D eigenvalue weighted by molar-refractivity contribution is 6.30. The predicted octanol–water partition coefficient (Wildman–Crippen LogP) is 4.13. The number of pyridine rings is 1. The van der Waals surface area contributed by atoms with Crippen molar-refractivity contribution in [1.29, 1.82) is 0 Å². The molecule has 0 radical (unpaired) electrons. The molecular weight excluding hydrogens is 336 g/mol. The maximum absolute atomic E-state index is 13.0. The van der Waals surface area contributed by atoms with E-state index in [1.807, 2.05) is 32.0 Å². The molecule has 1 heterocycles. The number of rotatable bonds is 4. The molecule has 4 nitrogen and oxygen atoms in total. The molecule has 3 rings (SSSR count). The fourth-order valence-corrected chi connectivity index (χ4v) is 3.06. The molecule has 1 amide bonds. The van der Waals surface area contributed by atoms with Crippen molar-refractivity contribution in [3.05, 3.63) is 75.7 Å². The van der Waals surface area contributed by atoms with Crippen molar-refractivity contribution < 1.29 is 4.79 Å². The van der Waals surface area contributed by atoms with Crippen molar-refractivity contribution in [2.45, 2.75) is 13.8 Å². The van der Waals surface area contributed by atoms with Gasteiger partial charge in [0.2, 0.25) is 0 Å². The molecular formula is C20H19ClN2O2. The minimum Gasteiger partial charge on any atom is -0.339 e. The zero-order valence-electron chi connectivity index (χ0n) is 14.2. The van der Waals surface area contributed by atoms with Crippen LogP contribution in [0.2, 0.25) is 5.02 Å². The van der Waals surface area contributed by atoms with Crippen LogP contribution in [0.15, 0.2) is 59.5 Å². The Morgan fingerprint density at radius 2 is 1.60 bits per heavy atom. The summed E-state index contributed by atoms with van der Waals surface area (Å²) < 4.78 is 1.51. The highest BCUT2D eigenvalue weighted by atomic mass is 35.5. The van der Waals surface area contributed by atoms with Crippen molar-refractivity contribution in [2.75, 3.05) is 13.1 Å². The Morgan fingerprint density at radius 3 is 2.20 bits per heavy atom. The SMILES string of the molecule is CCN(CC)C(=O)c1cn(-c2ccc(Cl)cc2)c(=O)c2ccccc12. The minimum atomic E-state index is -0.158. The Morgan fingerprint density at radius 1 is 1.00 bits per heavy atom. The standard InChI is InChI=1S/C20H19ClN2O2/c1-3-22(4-2)19(24)18-13-23(15-11-9-14(21)10-12-15)20(25)17-8-6-5-7-16(17)18/h5-13H,3-4H2,1-2H3. The van der Waals surface area contributed by atoms with Gasteiger partial charge in [-0.25, -0.2) is 0 Å². The van der Waals surface area contributed by atoms with Crippen LogP contribution in [0.4, 0.5) is 0 Å². The summed E-state index contributed by atoms with van der Waals surface area (Å²) >= 11 is 5.95. The lowest BCUT2D eigenvalue weighted by Gasteiger charge is -2.20. The molecule has 0 aliphatic heterocycles. The number of carbonyl (C=O) groups is 1. The lowest BCUT2D eigenvalue weighted by Crippen LogP contribution is -2.32. The van der Waals surface area contributed by atoms with Gasteiger partial charge in [0.1, 0.15) is 0 Å².